The molecule has 7 nitrogen and oxygen atoms in total. The molecule has 0 aromatic heterocycles. The average Bonchev–Trinajstić information content (AvgIpc) is 3.12. The largest absolute Gasteiger partial charge is 0.492 e. The highest BCUT2D eigenvalue weighted by Crippen LogP contribution is 2.40. The standard InChI is InChI=1S/C21H23N3O4/c25-21(22-17-10-16(17)13-4-2-1-3-5-13)18-8-14(23-24-18)11-26-15-6-7-19-20(9-15)28-12-27-19/h1-7,9,14,16-18,23-24H,8,10-12H2,(H,22,25)/t14?,16-,17+,18?/m0/s1. The average molecular weight is 381 g/mol. The molecule has 0 bridgehead atoms. The SMILES string of the molecule is O=C(N[C@@H]1C[C@H]1c1ccccc1)C1CC(COc2ccc3c(c2)OCO3)NN1. The summed E-state index contributed by atoms with van der Waals surface area (Å²) in [6.45, 7) is 0.711. The minimum Gasteiger partial charge on any atom is -0.492 e. The number of hydrogen-bond acceptors (Lipinski definition) is 6. The fraction of sp³-hybridized carbons (Fsp3) is 0.381. The van der Waals surface area contributed by atoms with E-state index >= 15 is 0 Å². The van der Waals surface area contributed by atoms with Crippen molar-refractivity contribution in [3.8, 4) is 17.2 Å². The van der Waals surface area contributed by atoms with Crippen molar-refractivity contribution in [3.63, 3.8) is 0 Å². The second-order valence-corrected chi connectivity index (χ2v) is 7.47. The van der Waals surface area contributed by atoms with Gasteiger partial charge in [-0.2, -0.15) is 0 Å². The van der Waals surface area contributed by atoms with Crippen molar-refractivity contribution < 1.29 is 19.0 Å². The van der Waals surface area contributed by atoms with Crippen LogP contribution in [0.2, 0.25) is 0 Å². The molecule has 1 saturated heterocycles. The van der Waals surface area contributed by atoms with Crippen molar-refractivity contribution in [1.82, 2.24) is 16.2 Å². The Balaban J connectivity index is 1.08. The molecule has 28 heavy (non-hydrogen) atoms. The van der Waals surface area contributed by atoms with E-state index in [2.05, 4.69) is 28.3 Å². The Kier molecular flexibility index (Phi) is 4.54. The maximum Gasteiger partial charge on any atom is 0.238 e. The second kappa shape index (κ2) is 7.33. The van der Waals surface area contributed by atoms with E-state index in [1.165, 1.54) is 5.56 Å². The number of amides is 1. The Labute approximate surface area is 163 Å². The molecule has 2 unspecified atom stereocenters. The monoisotopic (exact) mass is 381 g/mol. The van der Waals surface area contributed by atoms with E-state index in [0.717, 1.165) is 17.9 Å². The summed E-state index contributed by atoms with van der Waals surface area (Å²) in [4.78, 5) is 12.5. The fourth-order valence-electron chi connectivity index (χ4n) is 3.77. The first kappa shape index (κ1) is 17.3. The van der Waals surface area contributed by atoms with Crippen molar-refractivity contribution in [3.05, 3.63) is 54.1 Å². The van der Waals surface area contributed by atoms with Gasteiger partial charge in [-0.25, -0.2) is 5.43 Å². The molecule has 146 valence electrons. The van der Waals surface area contributed by atoms with Crippen LogP contribution >= 0.6 is 0 Å². The molecular formula is C21H23N3O4. The van der Waals surface area contributed by atoms with Crippen LogP contribution in [0, 0.1) is 0 Å². The number of ether oxygens (including phenoxy) is 3. The van der Waals surface area contributed by atoms with Crippen LogP contribution < -0.4 is 30.4 Å². The summed E-state index contributed by atoms with van der Waals surface area (Å²) < 4.78 is 16.5. The second-order valence-electron chi connectivity index (χ2n) is 7.47. The minimum atomic E-state index is -0.248. The lowest BCUT2D eigenvalue weighted by Crippen LogP contribution is -2.44. The zero-order chi connectivity index (χ0) is 18.9. The van der Waals surface area contributed by atoms with Gasteiger partial charge in [-0.15, -0.1) is 0 Å². The molecule has 5 rings (SSSR count). The third-order valence-electron chi connectivity index (χ3n) is 5.44. The molecule has 7 heteroatoms. The Hall–Kier alpha value is -2.77. The molecule has 4 atom stereocenters. The Bertz CT molecular complexity index is 860. The lowest BCUT2D eigenvalue weighted by atomic mass is 10.1. The molecule has 2 aromatic rings. The van der Waals surface area contributed by atoms with E-state index in [9.17, 15) is 4.79 Å². The van der Waals surface area contributed by atoms with Gasteiger partial charge in [0, 0.05) is 18.0 Å². The van der Waals surface area contributed by atoms with Gasteiger partial charge in [-0.1, -0.05) is 30.3 Å². The maximum absolute atomic E-state index is 12.5. The van der Waals surface area contributed by atoms with Crippen LogP contribution in [0.4, 0.5) is 0 Å². The summed E-state index contributed by atoms with van der Waals surface area (Å²) in [5.74, 6) is 2.64. The summed E-state index contributed by atoms with van der Waals surface area (Å²) >= 11 is 0. The van der Waals surface area contributed by atoms with E-state index in [0.29, 0.717) is 24.7 Å². The van der Waals surface area contributed by atoms with Crippen LogP contribution in [-0.4, -0.2) is 37.4 Å². The number of rotatable bonds is 6. The fourth-order valence-corrected chi connectivity index (χ4v) is 3.77. The zero-order valence-electron chi connectivity index (χ0n) is 15.4. The van der Waals surface area contributed by atoms with Crippen LogP contribution in [-0.2, 0) is 4.79 Å². The molecule has 2 aromatic carbocycles. The van der Waals surface area contributed by atoms with Gasteiger partial charge >= 0.3 is 0 Å². The molecule has 3 aliphatic rings. The first-order valence-electron chi connectivity index (χ1n) is 9.65. The molecule has 3 N–H and O–H groups in total. The number of hydrogen-bond donors (Lipinski definition) is 3. The van der Waals surface area contributed by atoms with Gasteiger partial charge in [0.1, 0.15) is 18.4 Å². The Morgan fingerprint density at radius 3 is 2.82 bits per heavy atom. The zero-order valence-corrected chi connectivity index (χ0v) is 15.4. The highest BCUT2D eigenvalue weighted by Gasteiger charge is 2.41. The molecule has 2 heterocycles. The summed E-state index contributed by atoms with van der Waals surface area (Å²) in [6, 6.07) is 15.9. The van der Waals surface area contributed by atoms with E-state index in [-0.39, 0.29) is 30.8 Å². The molecule has 1 aliphatic carbocycles. The minimum absolute atomic E-state index is 0.0431. The molecule has 2 aliphatic heterocycles. The van der Waals surface area contributed by atoms with E-state index in [1.54, 1.807) is 0 Å². The van der Waals surface area contributed by atoms with Crippen LogP contribution in [0.1, 0.15) is 24.3 Å². The quantitative estimate of drug-likeness (QED) is 0.707. The lowest BCUT2D eigenvalue weighted by molar-refractivity contribution is -0.123. The molecular weight excluding hydrogens is 358 g/mol. The van der Waals surface area contributed by atoms with Gasteiger partial charge in [-0.05, 0) is 30.5 Å². The van der Waals surface area contributed by atoms with Gasteiger partial charge in [0.2, 0.25) is 12.7 Å². The normalized spacial score (nSPS) is 27.4. The van der Waals surface area contributed by atoms with Crippen molar-refractivity contribution in [2.24, 2.45) is 0 Å². The van der Waals surface area contributed by atoms with Gasteiger partial charge in [0.15, 0.2) is 11.5 Å². The van der Waals surface area contributed by atoms with Crippen LogP contribution in [0.15, 0.2) is 48.5 Å². The molecule has 2 fully saturated rings. The number of carbonyl (C=O) groups excluding carboxylic acids is 1. The molecule has 0 radical (unpaired) electrons. The third-order valence-corrected chi connectivity index (χ3v) is 5.44. The van der Waals surface area contributed by atoms with Crippen molar-refractivity contribution in [2.45, 2.75) is 36.9 Å². The highest BCUT2D eigenvalue weighted by molar-refractivity contribution is 5.82. The molecule has 1 saturated carbocycles. The van der Waals surface area contributed by atoms with E-state index in [4.69, 9.17) is 14.2 Å². The van der Waals surface area contributed by atoms with Gasteiger partial charge in [0.05, 0.1) is 6.04 Å². The number of hydrazine groups is 1. The van der Waals surface area contributed by atoms with Crippen LogP contribution in [0.5, 0.6) is 17.2 Å². The summed E-state index contributed by atoms with van der Waals surface area (Å²) in [6.07, 6.45) is 1.69. The van der Waals surface area contributed by atoms with Crippen LogP contribution in [0.25, 0.3) is 0 Å². The van der Waals surface area contributed by atoms with E-state index in [1.807, 2.05) is 36.4 Å². The highest BCUT2D eigenvalue weighted by atomic mass is 16.7. The number of nitrogens with one attached hydrogen (secondary N) is 3. The van der Waals surface area contributed by atoms with Gasteiger partial charge in [-0.3, -0.25) is 10.2 Å². The predicted octanol–water partition coefficient (Wildman–Crippen LogP) is 1.70. The summed E-state index contributed by atoms with van der Waals surface area (Å²) in [5, 5.41) is 3.15. The predicted molar refractivity (Wildman–Crippen MR) is 102 cm³/mol. The molecule has 0 spiro atoms. The third kappa shape index (κ3) is 3.63. The smallest absolute Gasteiger partial charge is 0.238 e. The number of benzene rings is 2. The molecule has 1 amide bonds. The first-order chi connectivity index (χ1) is 13.8. The maximum atomic E-state index is 12.5. The topological polar surface area (TPSA) is 80.9 Å². The summed E-state index contributed by atoms with van der Waals surface area (Å²) in [5.41, 5.74) is 7.53. The van der Waals surface area contributed by atoms with Gasteiger partial charge < -0.3 is 19.5 Å². The van der Waals surface area contributed by atoms with E-state index < -0.39 is 0 Å². The Morgan fingerprint density at radius 1 is 1.07 bits per heavy atom. The van der Waals surface area contributed by atoms with Crippen LogP contribution in [0.3, 0.4) is 0 Å². The Morgan fingerprint density at radius 2 is 1.93 bits per heavy atom. The first-order valence-corrected chi connectivity index (χ1v) is 9.65. The number of carbonyl (C=O) groups is 1. The lowest BCUT2D eigenvalue weighted by Gasteiger charge is -2.12. The summed E-state index contributed by atoms with van der Waals surface area (Å²) in [7, 11) is 0. The van der Waals surface area contributed by atoms with Crippen molar-refractivity contribution in [2.75, 3.05) is 13.4 Å². The van der Waals surface area contributed by atoms with Crippen molar-refractivity contribution in [1.29, 1.82) is 0 Å². The van der Waals surface area contributed by atoms with Crippen molar-refractivity contribution >= 4 is 5.91 Å². The van der Waals surface area contributed by atoms with Gasteiger partial charge in [0.25, 0.3) is 0 Å². The number of fused-ring (bicyclic) bond motifs is 1.